The van der Waals surface area contributed by atoms with Crippen molar-refractivity contribution >= 4 is 5.91 Å². The summed E-state index contributed by atoms with van der Waals surface area (Å²) in [5, 5.41) is 13.1. The number of benzene rings is 2. The van der Waals surface area contributed by atoms with E-state index in [2.05, 4.69) is 22.3 Å². The number of hydrogen-bond donors (Lipinski definition) is 3. The summed E-state index contributed by atoms with van der Waals surface area (Å²) < 4.78 is 0. The summed E-state index contributed by atoms with van der Waals surface area (Å²) in [4.78, 5) is 14.1. The van der Waals surface area contributed by atoms with Crippen LogP contribution >= 0.6 is 0 Å². The van der Waals surface area contributed by atoms with Gasteiger partial charge >= 0.3 is 0 Å². The zero-order chi connectivity index (χ0) is 16.9. The highest BCUT2D eigenvalue weighted by Crippen LogP contribution is 2.19. The Labute approximate surface area is 142 Å². The predicted octanol–water partition coefficient (Wildman–Crippen LogP) is 1.12. The van der Waals surface area contributed by atoms with E-state index < -0.39 is 12.3 Å². The SMILES string of the molecule is NC(C(O)CNC(=O)c1ccccc1)N1CCc2ccccc2C1. The third-order valence-electron chi connectivity index (χ3n) is 4.48. The fourth-order valence-electron chi connectivity index (χ4n) is 3.02. The molecule has 1 amide bonds. The van der Waals surface area contributed by atoms with Gasteiger partial charge in [0.1, 0.15) is 0 Å². The van der Waals surface area contributed by atoms with Crippen LogP contribution in [-0.4, -0.2) is 41.3 Å². The Hall–Kier alpha value is -2.21. The maximum Gasteiger partial charge on any atom is 0.251 e. The summed E-state index contributed by atoms with van der Waals surface area (Å²) in [6, 6.07) is 17.2. The molecule has 5 heteroatoms. The molecule has 0 aliphatic carbocycles. The smallest absolute Gasteiger partial charge is 0.251 e. The Morgan fingerprint density at radius 1 is 1.12 bits per heavy atom. The highest BCUT2D eigenvalue weighted by Gasteiger charge is 2.26. The van der Waals surface area contributed by atoms with Crippen molar-refractivity contribution in [1.29, 1.82) is 0 Å². The van der Waals surface area contributed by atoms with E-state index in [1.165, 1.54) is 11.1 Å². The van der Waals surface area contributed by atoms with Gasteiger partial charge in [0.15, 0.2) is 0 Å². The number of rotatable bonds is 5. The molecule has 4 N–H and O–H groups in total. The van der Waals surface area contributed by atoms with E-state index in [4.69, 9.17) is 5.73 Å². The number of amides is 1. The van der Waals surface area contributed by atoms with Crippen LogP contribution < -0.4 is 11.1 Å². The largest absolute Gasteiger partial charge is 0.388 e. The van der Waals surface area contributed by atoms with Gasteiger partial charge in [-0.05, 0) is 29.7 Å². The molecule has 0 saturated heterocycles. The molecular formula is C19H23N3O2. The second-order valence-corrected chi connectivity index (χ2v) is 6.12. The lowest BCUT2D eigenvalue weighted by molar-refractivity contribution is 0.0430. The normalized spacial score (nSPS) is 16.9. The summed E-state index contributed by atoms with van der Waals surface area (Å²) in [6.45, 7) is 1.66. The van der Waals surface area contributed by atoms with Crippen molar-refractivity contribution in [2.24, 2.45) is 5.73 Å². The monoisotopic (exact) mass is 325 g/mol. The molecule has 2 atom stereocenters. The van der Waals surface area contributed by atoms with Gasteiger partial charge in [0.25, 0.3) is 5.91 Å². The predicted molar refractivity (Wildman–Crippen MR) is 93.3 cm³/mol. The quantitative estimate of drug-likeness (QED) is 0.770. The first-order chi connectivity index (χ1) is 11.6. The van der Waals surface area contributed by atoms with Gasteiger partial charge in [-0.15, -0.1) is 0 Å². The molecule has 3 rings (SSSR count). The van der Waals surface area contributed by atoms with Crippen LogP contribution in [0.4, 0.5) is 0 Å². The van der Waals surface area contributed by atoms with Gasteiger partial charge in [-0.3, -0.25) is 9.69 Å². The van der Waals surface area contributed by atoms with Crippen LogP contribution in [0, 0.1) is 0 Å². The number of carbonyl (C=O) groups excluding carboxylic acids is 1. The number of nitrogens with one attached hydrogen (secondary N) is 1. The molecule has 0 aromatic heterocycles. The van der Waals surface area contributed by atoms with Crippen LogP contribution in [0.25, 0.3) is 0 Å². The van der Waals surface area contributed by atoms with Crippen LogP contribution in [0.1, 0.15) is 21.5 Å². The molecule has 2 unspecified atom stereocenters. The third kappa shape index (κ3) is 3.82. The number of aliphatic hydroxyl groups excluding tert-OH is 1. The maximum absolute atomic E-state index is 12.0. The second-order valence-electron chi connectivity index (χ2n) is 6.12. The molecular weight excluding hydrogens is 302 g/mol. The van der Waals surface area contributed by atoms with E-state index in [0.717, 1.165) is 19.5 Å². The molecule has 5 nitrogen and oxygen atoms in total. The van der Waals surface area contributed by atoms with Crippen molar-refractivity contribution in [1.82, 2.24) is 10.2 Å². The average molecular weight is 325 g/mol. The number of aliphatic hydroxyl groups is 1. The molecule has 1 aliphatic rings. The van der Waals surface area contributed by atoms with Crippen LogP contribution in [0.3, 0.4) is 0 Å². The minimum atomic E-state index is -0.817. The Morgan fingerprint density at radius 3 is 2.54 bits per heavy atom. The van der Waals surface area contributed by atoms with Crippen LogP contribution in [0.15, 0.2) is 54.6 Å². The minimum absolute atomic E-state index is 0.132. The standard InChI is InChI=1S/C19H23N3O2/c20-18(22-11-10-14-6-4-5-9-16(14)13-22)17(23)12-21-19(24)15-7-2-1-3-8-15/h1-9,17-18,23H,10-13,20H2,(H,21,24). The first-order valence-corrected chi connectivity index (χ1v) is 8.23. The fourth-order valence-corrected chi connectivity index (χ4v) is 3.02. The summed E-state index contributed by atoms with van der Waals surface area (Å²) >= 11 is 0. The maximum atomic E-state index is 12.0. The van der Waals surface area contributed by atoms with Crippen molar-refractivity contribution in [3.05, 3.63) is 71.3 Å². The third-order valence-corrected chi connectivity index (χ3v) is 4.48. The Morgan fingerprint density at radius 2 is 1.79 bits per heavy atom. The van der Waals surface area contributed by atoms with E-state index in [1.807, 2.05) is 30.3 Å². The van der Waals surface area contributed by atoms with Crippen LogP contribution in [0.5, 0.6) is 0 Å². The molecule has 2 aromatic rings. The Balaban J connectivity index is 1.54. The van der Waals surface area contributed by atoms with Crippen molar-refractivity contribution in [2.75, 3.05) is 13.1 Å². The van der Waals surface area contributed by atoms with Crippen molar-refractivity contribution in [3.8, 4) is 0 Å². The lowest BCUT2D eigenvalue weighted by Gasteiger charge is -2.35. The second kappa shape index (κ2) is 7.57. The molecule has 0 saturated carbocycles. The first-order valence-electron chi connectivity index (χ1n) is 8.23. The van der Waals surface area contributed by atoms with Crippen molar-refractivity contribution in [2.45, 2.75) is 25.2 Å². The molecule has 1 aliphatic heterocycles. The number of hydrogen-bond acceptors (Lipinski definition) is 4. The van der Waals surface area contributed by atoms with Crippen LogP contribution in [0.2, 0.25) is 0 Å². The first kappa shape index (κ1) is 16.6. The Kier molecular flexibility index (Phi) is 5.25. The molecule has 2 aromatic carbocycles. The van der Waals surface area contributed by atoms with Gasteiger partial charge in [-0.25, -0.2) is 0 Å². The van der Waals surface area contributed by atoms with E-state index in [-0.39, 0.29) is 12.5 Å². The molecule has 24 heavy (non-hydrogen) atoms. The van der Waals surface area contributed by atoms with E-state index in [1.54, 1.807) is 12.1 Å². The van der Waals surface area contributed by atoms with Gasteiger partial charge in [0, 0.05) is 25.2 Å². The number of carbonyl (C=O) groups is 1. The van der Waals surface area contributed by atoms with Gasteiger partial charge in [-0.1, -0.05) is 42.5 Å². The Bertz CT molecular complexity index is 690. The van der Waals surface area contributed by atoms with Crippen LogP contribution in [-0.2, 0) is 13.0 Å². The van der Waals surface area contributed by atoms with Crippen molar-refractivity contribution in [3.63, 3.8) is 0 Å². The zero-order valence-corrected chi connectivity index (χ0v) is 13.6. The number of fused-ring (bicyclic) bond motifs is 1. The summed E-state index contributed by atoms with van der Waals surface area (Å²) in [5.74, 6) is -0.203. The number of nitrogens with zero attached hydrogens (tertiary/aromatic N) is 1. The van der Waals surface area contributed by atoms with Gasteiger partial charge in [0.2, 0.25) is 0 Å². The average Bonchev–Trinajstić information content (AvgIpc) is 2.65. The van der Waals surface area contributed by atoms with E-state index >= 15 is 0 Å². The lowest BCUT2D eigenvalue weighted by atomic mass is 9.99. The van der Waals surface area contributed by atoms with Crippen molar-refractivity contribution < 1.29 is 9.90 Å². The highest BCUT2D eigenvalue weighted by molar-refractivity contribution is 5.94. The summed E-state index contributed by atoms with van der Waals surface area (Å²) in [5.41, 5.74) is 9.36. The van der Waals surface area contributed by atoms with Gasteiger partial charge in [0.05, 0.1) is 12.3 Å². The summed E-state index contributed by atoms with van der Waals surface area (Å²) in [7, 11) is 0. The molecule has 0 bridgehead atoms. The fraction of sp³-hybridized carbons (Fsp3) is 0.316. The van der Waals surface area contributed by atoms with E-state index in [0.29, 0.717) is 5.56 Å². The molecule has 0 spiro atoms. The highest BCUT2D eigenvalue weighted by atomic mass is 16.3. The topological polar surface area (TPSA) is 78.6 Å². The van der Waals surface area contributed by atoms with Gasteiger partial charge < -0.3 is 16.2 Å². The zero-order valence-electron chi connectivity index (χ0n) is 13.6. The molecule has 0 radical (unpaired) electrons. The summed E-state index contributed by atoms with van der Waals surface area (Å²) in [6.07, 6.45) is -0.398. The molecule has 0 fully saturated rings. The molecule has 126 valence electrons. The minimum Gasteiger partial charge on any atom is -0.388 e. The lowest BCUT2D eigenvalue weighted by Crippen LogP contribution is -2.54. The molecule has 1 heterocycles. The van der Waals surface area contributed by atoms with Gasteiger partial charge in [-0.2, -0.15) is 0 Å². The number of nitrogens with two attached hydrogens (primary N) is 1. The van der Waals surface area contributed by atoms with E-state index in [9.17, 15) is 9.90 Å².